The van der Waals surface area contributed by atoms with Gasteiger partial charge >= 0.3 is 5.97 Å². The van der Waals surface area contributed by atoms with Gasteiger partial charge in [-0.2, -0.15) is 0 Å². The van der Waals surface area contributed by atoms with E-state index in [1.54, 1.807) is 20.0 Å². The van der Waals surface area contributed by atoms with Crippen molar-refractivity contribution in [2.75, 3.05) is 26.7 Å². The molecular weight excluding hydrogens is 276 g/mol. The highest BCUT2D eigenvalue weighted by molar-refractivity contribution is 7.14. The highest BCUT2D eigenvalue weighted by Crippen LogP contribution is 2.22. The maximum Gasteiger partial charge on any atom is 0.325 e. The number of ether oxygens (including phenoxy) is 1. The minimum absolute atomic E-state index is 0.0621. The number of thiophene rings is 1. The molecule has 1 aromatic heterocycles. The summed E-state index contributed by atoms with van der Waals surface area (Å²) in [5, 5.41) is 0. The van der Waals surface area contributed by atoms with Crippen LogP contribution in [0.15, 0.2) is 6.07 Å². The molecule has 20 heavy (non-hydrogen) atoms. The molecule has 0 spiro atoms. The molecule has 5 nitrogen and oxygen atoms in total. The lowest BCUT2D eigenvalue weighted by molar-refractivity contribution is -0.143. The zero-order valence-electron chi connectivity index (χ0n) is 11.9. The SMILES string of the molecule is CCOC(=O)CN(C)C(=O)c1cc(C)c(C#CCN)s1. The van der Waals surface area contributed by atoms with Crippen molar-refractivity contribution in [2.24, 2.45) is 5.73 Å². The predicted octanol–water partition coefficient (Wildman–Crippen LogP) is 1.00. The summed E-state index contributed by atoms with van der Waals surface area (Å²) in [6, 6.07) is 1.77. The average Bonchev–Trinajstić information content (AvgIpc) is 2.77. The molecule has 1 rings (SSSR count). The molecule has 0 atom stereocenters. The summed E-state index contributed by atoms with van der Waals surface area (Å²) in [6.45, 7) is 4.14. The second-order valence-corrected chi connectivity index (χ2v) is 5.15. The van der Waals surface area contributed by atoms with Crippen molar-refractivity contribution in [1.29, 1.82) is 0 Å². The second-order valence-electron chi connectivity index (χ2n) is 4.09. The van der Waals surface area contributed by atoms with Gasteiger partial charge in [-0.25, -0.2) is 0 Å². The molecule has 6 heteroatoms. The number of nitrogens with two attached hydrogens (primary N) is 1. The van der Waals surface area contributed by atoms with Gasteiger partial charge in [0.2, 0.25) is 0 Å². The van der Waals surface area contributed by atoms with Crippen LogP contribution in [0.3, 0.4) is 0 Å². The first-order chi connectivity index (χ1) is 9.49. The molecule has 1 amide bonds. The van der Waals surface area contributed by atoms with Crippen molar-refractivity contribution in [2.45, 2.75) is 13.8 Å². The van der Waals surface area contributed by atoms with E-state index in [9.17, 15) is 9.59 Å². The van der Waals surface area contributed by atoms with Gasteiger partial charge in [-0.1, -0.05) is 11.8 Å². The molecule has 0 unspecified atom stereocenters. The number of nitrogens with zero attached hydrogens (tertiary/aromatic N) is 1. The van der Waals surface area contributed by atoms with Gasteiger partial charge < -0.3 is 15.4 Å². The van der Waals surface area contributed by atoms with Crippen molar-refractivity contribution in [3.8, 4) is 11.8 Å². The molecule has 2 N–H and O–H groups in total. The maximum absolute atomic E-state index is 12.2. The number of likely N-dealkylation sites (N-methyl/N-ethyl adjacent to an activating group) is 1. The van der Waals surface area contributed by atoms with E-state index in [1.807, 2.05) is 6.92 Å². The van der Waals surface area contributed by atoms with E-state index in [0.29, 0.717) is 11.5 Å². The fourth-order valence-corrected chi connectivity index (χ4v) is 2.54. The van der Waals surface area contributed by atoms with E-state index < -0.39 is 5.97 Å². The van der Waals surface area contributed by atoms with Gasteiger partial charge in [0.1, 0.15) is 6.54 Å². The quantitative estimate of drug-likeness (QED) is 0.664. The maximum atomic E-state index is 12.2. The summed E-state index contributed by atoms with van der Waals surface area (Å²) < 4.78 is 4.81. The lowest BCUT2D eigenvalue weighted by atomic mass is 10.2. The topological polar surface area (TPSA) is 72.6 Å². The van der Waals surface area contributed by atoms with E-state index in [0.717, 1.165) is 10.4 Å². The minimum Gasteiger partial charge on any atom is -0.465 e. The molecule has 0 fully saturated rings. The number of hydrogen-bond acceptors (Lipinski definition) is 5. The van der Waals surface area contributed by atoms with Crippen molar-refractivity contribution in [3.63, 3.8) is 0 Å². The van der Waals surface area contributed by atoms with Crippen LogP contribution in [0.25, 0.3) is 0 Å². The number of amides is 1. The van der Waals surface area contributed by atoms with Gasteiger partial charge in [-0.15, -0.1) is 11.3 Å². The number of aryl methyl sites for hydroxylation is 1. The first-order valence-electron chi connectivity index (χ1n) is 6.20. The molecule has 0 aliphatic carbocycles. The Morgan fingerprint density at radius 2 is 2.20 bits per heavy atom. The summed E-state index contributed by atoms with van der Waals surface area (Å²) >= 11 is 1.30. The van der Waals surface area contributed by atoms with Crippen LogP contribution in [0.4, 0.5) is 0 Å². The van der Waals surface area contributed by atoms with Gasteiger partial charge in [0.25, 0.3) is 5.91 Å². The van der Waals surface area contributed by atoms with Crippen molar-refractivity contribution < 1.29 is 14.3 Å². The molecule has 0 aliphatic rings. The Labute approximate surface area is 122 Å². The molecule has 1 heterocycles. The largest absolute Gasteiger partial charge is 0.465 e. The number of hydrogen-bond donors (Lipinski definition) is 1. The molecule has 1 aromatic rings. The number of carbonyl (C=O) groups is 2. The van der Waals surface area contributed by atoms with Crippen LogP contribution < -0.4 is 5.73 Å². The van der Waals surface area contributed by atoms with Crippen molar-refractivity contribution >= 4 is 23.2 Å². The van der Waals surface area contributed by atoms with E-state index in [2.05, 4.69) is 11.8 Å². The smallest absolute Gasteiger partial charge is 0.325 e. The van der Waals surface area contributed by atoms with E-state index in [-0.39, 0.29) is 19.0 Å². The predicted molar refractivity (Wildman–Crippen MR) is 78.6 cm³/mol. The van der Waals surface area contributed by atoms with Crippen molar-refractivity contribution in [3.05, 3.63) is 21.4 Å². The van der Waals surface area contributed by atoms with Gasteiger partial charge in [0.05, 0.1) is 22.9 Å². The second kappa shape index (κ2) is 7.68. The summed E-state index contributed by atoms with van der Waals surface area (Å²) in [7, 11) is 1.57. The molecular formula is C14H18N2O3S. The van der Waals surface area contributed by atoms with Crippen LogP contribution in [0.1, 0.15) is 27.0 Å². The van der Waals surface area contributed by atoms with Crippen LogP contribution in [0.5, 0.6) is 0 Å². The van der Waals surface area contributed by atoms with Crippen LogP contribution in [-0.4, -0.2) is 43.5 Å². The lowest BCUT2D eigenvalue weighted by Crippen LogP contribution is -2.32. The molecule has 108 valence electrons. The summed E-state index contributed by atoms with van der Waals surface area (Å²) in [6.07, 6.45) is 0. The standard InChI is InChI=1S/C14H18N2O3S/c1-4-19-13(17)9-16(3)14(18)12-8-10(2)11(20-12)6-5-7-15/h8H,4,7,9,15H2,1-3H3. The first-order valence-corrected chi connectivity index (χ1v) is 7.01. The Morgan fingerprint density at radius 3 is 2.80 bits per heavy atom. The zero-order chi connectivity index (χ0) is 15.1. The first kappa shape index (κ1) is 16.2. The Morgan fingerprint density at radius 1 is 1.50 bits per heavy atom. The molecule has 0 bridgehead atoms. The molecule has 0 saturated heterocycles. The third kappa shape index (κ3) is 4.37. The van der Waals surface area contributed by atoms with Gasteiger partial charge in [-0.3, -0.25) is 9.59 Å². The molecule has 0 aliphatic heterocycles. The number of rotatable bonds is 4. The Hall–Kier alpha value is -1.84. The summed E-state index contributed by atoms with van der Waals surface area (Å²) in [5.74, 6) is 5.06. The van der Waals surface area contributed by atoms with Crippen LogP contribution >= 0.6 is 11.3 Å². The Bertz CT molecular complexity index is 555. The van der Waals surface area contributed by atoms with Gasteiger partial charge in [0, 0.05) is 7.05 Å². The highest BCUT2D eigenvalue weighted by Gasteiger charge is 2.18. The summed E-state index contributed by atoms with van der Waals surface area (Å²) in [4.78, 5) is 26.2. The van der Waals surface area contributed by atoms with Crippen LogP contribution in [0, 0.1) is 18.8 Å². The van der Waals surface area contributed by atoms with Gasteiger partial charge in [0.15, 0.2) is 0 Å². The van der Waals surface area contributed by atoms with E-state index in [4.69, 9.17) is 10.5 Å². The minimum atomic E-state index is -0.417. The normalized spacial score (nSPS) is 9.60. The number of esters is 1. The Kier molecular flexibility index (Phi) is 6.22. The molecule has 0 radical (unpaired) electrons. The fourth-order valence-electron chi connectivity index (χ4n) is 1.50. The van der Waals surface area contributed by atoms with E-state index >= 15 is 0 Å². The van der Waals surface area contributed by atoms with Crippen LogP contribution in [-0.2, 0) is 9.53 Å². The van der Waals surface area contributed by atoms with Crippen molar-refractivity contribution in [1.82, 2.24) is 4.90 Å². The fraction of sp³-hybridized carbons (Fsp3) is 0.429. The summed E-state index contributed by atoms with van der Waals surface area (Å²) in [5.41, 5.74) is 6.26. The highest BCUT2D eigenvalue weighted by atomic mass is 32.1. The zero-order valence-corrected chi connectivity index (χ0v) is 12.7. The number of carbonyl (C=O) groups excluding carboxylic acids is 2. The monoisotopic (exact) mass is 294 g/mol. The van der Waals surface area contributed by atoms with E-state index in [1.165, 1.54) is 16.2 Å². The lowest BCUT2D eigenvalue weighted by Gasteiger charge is -2.14. The molecule has 0 aromatic carbocycles. The van der Waals surface area contributed by atoms with Crippen LogP contribution in [0.2, 0.25) is 0 Å². The third-order valence-electron chi connectivity index (χ3n) is 2.45. The average molecular weight is 294 g/mol. The Balaban J connectivity index is 2.79. The van der Waals surface area contributed by atoms with Gasteiger partial charge in [-0.05, 0) is 25.5 Å². The third-order valence-corrected chi connectivity index (χ3v) is 3.59. The molecule has 0 saturated carbocycles.